The molecule has 0 spiro atoms. The molecule has 0 aliphatic carbocycles. The van der Waals surface area contributed by atoms with E-state index in [1.165, 1.54) is 10.6 Å². The first-order valence-electron chi connectivity index (χ1n) is 10.5. The molecule has 7 nitrogen and oxygen atoms in total. The lowest BCUT2D eigenvalue weighted by molar-refractivity contribution is 0.252. The van der Waals surface area contributed by atoms with Crippen LogP contribution in [0.25, 0.3) is 22.4 Å². The van der Waals surface area contributed by atoms with Gasteiger partial charge in [-0.1, -0.05) is 24.3 Å². The van der Waals surface area contributed by atoms with Gasteiger partial charge in [0, 0.05) is 48.7 Å². The van der Waals surface area contributed by atoms with E-state index in [0.29, 0.717) is 49.2 Å². The number of hydrogen-bond donors (Lipinski definition) is 0. The second kappa shape index (κ2) is 9.07. The van der Waals surface area contributed by atoms with Crippen LogP contribution in [-0.4, -0.2) is 41.6 Å². The van der Waals surface area contributed by atoms with Crippen LogP contribution < -0.4 is 5.56 Å². The Bertz CT molecular complexity index is 1320. The number of aromatic nitrogens is 2. The van der Waals surface area contributed by atoms with E-state index in [1.807, 2.05) is 30.5 Å². The van der Waals surface area contributed by atoms with E-state index < -0.39 is 10.0 Å². The van der Waals surface area contributed by atoms with Crippen LogP contribution in [0.2, 0.25) is 0 Å². The average Bonchev–Trinajstić information content (AvgIpc) is 2.81. The van der Waals surface area contributed by atoms with Crippen molar-refractivity contribution in [1.82, 2.24) is 13.9 Å². The molecule has 1 aliphatic heterocycles. The maximum atomic E-state index is 13.4. The Balaban J connectivity index is 1.74. The molecule has 3 aromatic rings. The first kappa shape index (κ1) is 21.9. The third kappa shape index (κ3) is 4.64. The zero-order chi connectivity index (χ0) is 22.7. The normalized spacial score (nSPS) is 15.4. The highest BCUT2D eigenvalue weighted by molar-refractivity contribution is 7.88. The molecule has 0 unspecified atom stereocenters. The number of rotatable bonds is 5. The second-order valence-corrected chi connectivity index (χ2v) is 10.1. The second-order valence-electron chi connectivity index (χ2n) is 8.08. The van der Waals surface area contributed by atoms with Gasteiger partial charge >= 0.3 is 0 Å². The number of pyridine rings is 2. The van der Waals surface area contributed by atoms with Gasteiger partial charge in [0.2, 0.25) is 10.0 Å². The highest BCUT2D eigenvalue weighted by Gasteiger charge is 2.25. The lowest BCUT2D eigenvalue weighted by atomic mass is 9.96. The number of nitrogens with zero attached hydrogens (tertiary/aromatic N) is 4. The molecule has 1 fully saturated rings. The molecular formula is C24H24N4O3S. The standard InChI is InChI=1S/C24H24N4O3S/c1-32(30,31)28-12-9-18(10-13-28)16-27-17-20(23-8-4-5-11-26-23)14-22(24(27)29)21-7-3-2-6-19(21)15-25/h2-8,11,14,17-18H,9-10,12-13,16H2,1H3. The summed E-state index contributed by atoms with van der Waals surface area (Å²) in [5.74, 6) is 0.184. The average molecular weight is 449 g/mol. The molecule has 0 atom stereocenters. The highest BCUT2D eigenvalue weighted by Crippen LogP contribution is 2.26. The van der Waals surface area contributed by atoms with Crippen molar-refractivity contribution in [2.24, 2.45) is 5.92 Å². The van der Waals surface area contributed by atoms with Crippen molar-refractivity contribution in [2.75, 3.05) is 19.3 Å². The van der Waals surface area contributed by atoms with Crippen molar-refractivity contribution in [3.8, 4) is 28.5 Å². The number of benzene rings is 1. The van der Waals surface area contributed by atoms with E-state index in [0.717, 1.165) is 11.3 Å². The van der Waals surface area contributed by atoms with Crippen LogP contribution in [0.5, 0.6) is 0 Å². The molecule has 1 aliphatic rings. The van der Waals surface area contributed by atoms with Gasteiger partial charge in [-0.25, -0.2) is 12.7 Å². The Morgan fingerprint density at radius 3 is 2.47 bits per heavy atom. The van der Waals surface area contributed by atoms with E-state index in [4.69, 9.17) is 0 Å². The summed E-state index contributed by atoms with van der Waals surface area (Å²) in [6.07, 6.45) is 6.13. The summed E-state index contributed by atoms with van der Waals surface area (Å²) in [5.41, 5.74) is 2.86. The minimum Gasteiger partial charge on any atom is -0.314 e. The molecule has 0 saturated carbocycles. The Labute approximate surface area is 187 Å². The Morgan fingerprint density at radius 1 is 1.09 bits per heavy atom. The summed E-state index contributed by atoms with van der Waals surface area (Å²) < 4.78 is 26.8. The maximum absolute atomic E-state index is 13.4. The SMILES string of the molecule is CS(=O)(=O)N1CCC(Cn2cc(-c3ccccn3)cc(-c3ccccc3C#N)c2=O)CC1. The van der Waals surface area contributed by atoms with Crippen molar-refractivity contribution in [2.45, 2.75) is 19.4 Å². The highest BCUT2D eigenvalue weighted by atomic mass is 32.2. The molecule has 1 saturated heterocycles. The molecule has 164 valence electrons. The van der Waals surface area contributed by atoms with Gasteiger partial charge in [-0.3, -0.25) is 9.78 Å². The molecular weight excluding hydrogens is 424 g/mol. The molecule has 8 heteroatoms. The molecule has 0 N–H and O–H groups in total. The van der Waals surface area contributed by atoms with Crippen molar-refractivity contribution in [1.29, 1.82) is 5.26 Å². The summed E-state index contributed by atoms with van der Waals surface area (Å²) in [5, 5.41) is 9.55. The van der Waals surface area contributed by atoms with Crippen molar-refractivity contribution in [3.05, 3.63) is 76.8 Å². The summed E-state index contributed by atoms with van der Waals surface area (Å²) in [4.78, 5) is 17.9. The fourth-order valence-electron chi connectivity index (χ4n) is 4.16. The van der Waals surface area contributed by atoms with Crippen LogP contribution in [0.3, 0.4) is 0 Å². The predicted molar refractivity (Wildman–Crippen MR) is 123 cm³/mol. The summed E-state index contributed by atoms with van der Waals surface area (Å²) in [7, 11) is -3.20. The molecule has 2 aromatic heterocycles. The van der Waals surface area contributed by atoms with Crippen LogP contribution in [-0.2, 0) is 16.6 Å². The minimum absolute atomic E-state index is 0.169. The van der Waals surface area contributed by atoms with Crippen LogP contribution in [0.15, 0.2) is 65.7 Å². The van der Waals surface area contributed by atoms with Crippen molar-refractivity contribution >= 4 is 10.0 Å². The van der Waals surface area contributed by atoms with Gasteiger partial charge in [0.1, 0.15) is 0 Å². The van der Waals surface area contributed by atoms with E-state index in [9.17, 15) is 18.5 Å². The quantitative estimate of drug-likeness (QED) is 0.598. The Hall–Kier alpha value is -3.28. The Kier molecular flexibility index (Phi) is 6.21. The van der Waals surface area contributed by atoms with Crippen molar-refractivity contribution < 1.29 is 8.42 Å². The van der Waals surface area contributed by atoms with E-state index in [1.54, 1.807) is 35.0 Å². The predicted octanol–water partition coefficient (Wildman–Crippen LogP) is 3.12. The molecule has 0 radical (unpaired) electrons. The van der Waals surface area contributed by atoms with Crippen LogP contribution >= 0.6 is 0 Å². The van der Waals surface area contributed by atoms with Gasteiger partial charge in [0.15, 0.2) is 0 Å². The lowest BCUT2D eigenvalue weighted by Gasteiger charge is -2.30. The van der Waals surface area contributed by atoms with Crippen LogP contribution in [0, 0.1) is 17.2 Å². The first-order chi connectivity index (χ1) is 15.4. The van der Waals surface area contributed by atoms with Crippen LogP contribution in [0.4, 0.5) is 0 Å². The fourth-order valence-corrected chi connectivity index (χ4v) is 5.03. The van der Waals surface area contributed by atoms with Crippen LogP contribution in [0.1, 0.15) is 18.4 Å². The van der Waals surface area contributed by atoms with E-state index in [-0.39, 0.29) is 11.5 Å². The molecule has 1 aromatic carbocycles. The number of nitriles is 1. The smallest absolute Gasteiger partial charge is 0.258 e. The van der Waals surface area contributed by atoms with Gasteiger partial charge in [-0.15, -0.1) is 0 Å². The maximum Gasteiger partial charge on any atom is 0.258 e. The molecule has 3 heterocycles. The molecule has 0 amide bonds. The minimum atomic E-state index is -3.20. The number of hydrogen-bond acceptors (Lipinski definition) is 5. The van der Waals surface area contributed by atoms with Gasteiger partial charge in [0.05, 0.1) is 23.6 Å². The Morgan fingerprint density at radius 2 is 1.81 bits per heavy atom. The first-order valence-corrected chi connectivity index (χ1v) is 12.3. The topological polar surface area (TPSA) is 96.1 Å². The third-order valence-corrected chi connectivity index (χ3v) is 7.18. The van der Waals surface area contributed by atoms with E-state index in [2.05, 4.69) is 11.1 Å². The lowest BCUT2D eigenvalue weighted by Crippen LogP contribution is -2.39. The largest absolute Gasteiger partial charge is 0.314 e. The molecule has 32 heavy (non-hydrogen) atoms. The zero-order valence-corrected chi connectivity index (χ0v) is 18.6. The van der Waals surface area contributed by atoms with Gasteiger partial charge < -0.3 is 4.57 Å². The van der Waals surface area contributed by atoms with E-state index >= 15 is 0 Å². The van der Waals surface area contributed by atoms with Gasteiger partial charge in [-0.05, 0) is 43.0 Å². The monoisotopic (exact) mass is 448 g/mol. The summed E-state index contributed by atoms with van der Waals surface area (Å²) in [6.45, 7) is 1.41. The van der Waals surface area contributed by atoms with Gasteiger partial charge in [0.25, 0.3) is 5.56 Å². The zero-order valence-electron chi connectivity index (χ0n) is 17.8. The van der Waals surface area contributed by atoms with Crippen molar-refractivity contribution in [3.63, 3.8) is 0 Å². The third-order valence-electron chi connectivity index (χ3n) is 5.88. The fraction of sp³-hybridized carbons (Fsp3) is 0.292. The summed E-state index contributed by atoms with van der Waals surface area (Å²) in [6, 6.07) is 16.7. The molecule has 0 bridgehead atoms. The van der Waals surface area contributed by atoms with Gasteiger partial charge in [-0.2, -0.15) is 5.26 Å². The molecule has 4 rings (SSSR count). The number of sulfonamides is 1. The number of piperidine rings is 1. The summed E-state index contributed by atoms with van der Waals surface area (Å²) >= 11 is 0.